The quantitative estimate of drug-likeness (QED) is 0.185. The standard InChI is InChI=1S/C36H41N3O4/c1-2-37-36(41)38-22-27-13-19-32(20-14-27)35-42-33(21-34(43-35)31-17-15-30(26-40)16-18-31)25-39(23-28-9-5-3-6-10-28)24-29-11-7-4-8-12-29/h3-20,33-35,40H,2,21-26H2,1H3,(H2,37,38,41). The van der Waals surface area contributed by atoms with Crippen molar-refractivity contribution in [2.75, 3.05) is 13.1 Å². The number of carbonyl (C=O) groups is 1. The molecular formula is C36H41N3O4. The Morgan fingerprint density at radius 1 is 0.744 bits per heavy atom. The number of ether oxygens (including phenoxy) is 2. The summed E-state index contributed by atoms with van der Waals surface area (Å²) in [5.74, 6) is 0. The second kappa shape index (κ2) is 15.5. The molecule has 0 spiro atoms. The van der Waals surface area contributed by atoms with Crippen LogP contribution in [0.25, 0.3) is 0 Å². The Morgan fingerprint density at radius 3 is 1.91 bits per heavy atom. The Hall–Kier alpha value is -4.01. The minimum absolute atomic E-state index is 0.00933. The van der Waals surface area contributed by atoms with Crippen LogP contribution in [0.5, 0.6) is 0 Å². The van der Waals surface area contributed by atoms with Crippen LogP contribution in [-0.4, -0.2) is 35.2 Å². The fourth-order valence-corrected chi connectivity index (χ4v) is 5.39. The van der Waals surface area contributed by atoms with Crippen molar-refractivity contribution in [2.24, 2.45) is 0 Å². The van der Waals surface area contributed by atoms with E-state index >= 15 is 0 Å². The highest BCUT2D eigenvalue weighted by Gasteiger charge is 2.33. The number of hydrogen-bond acceptors (Lipinski definition) is 5. The fraction of sp³-hybridized carbons (Fsp3) is 0.306. The van der Waals surface area contributed by atoms with Crippen molar-refractivity contribution >= 4 is 6.03 Å². The molecule has 43 heavy (non-hydrogen) atoms. The highest BCUT2D eigenvalue weighted by atomic mass is 16.7. The van der Waals surface area contributed by atoms with Gasteiger partial charge in [-0.1, -0.05) is 109 Å². The SMILES string of the molecule is CCNC(=O)NCc1ccc(C2OC(CN(Cc3ccccc3)Cc3ccccc3)CC(c3ccc(CO)cc3)O2)cc1. The highest BCUT2D eigenvalue weighted by Crippen LogP contribution is 2.38. The molecule has 0 aromatic heterocycles. The molecule has 1 heterocycles. The van der Waals surface area contributed by atoms with Gasteiger partial charge in [-0.3, -0.25) is 4.90 Å². The molecule has 1 aliphatic rings. The topological polar surface area (TPSA) is 83.1 Å². The molecule has 7 heteroatoms. The monoisotopic (exact) mass is 579 g/mol. The van der Waals surface area contributed by atoms with Crippen molar-refractivity contribution in [1.82, 2.24) is 15.5 Å². The van der Waals surface area contributed by atoms with Gasteiger partial charge in [0.2, 0.25) is 0 Å². The Kier molecular flexibility index (Phi) is 10.9. The average Bonchev–Trinajstić information content (AvgIpc) is 3.05. The van der Waals surface area contributed by atoms with Crippen molar-refractivity contribution in [3.63, 3.8) is 0 Å². The van der Waals surface area contributed by atoms with Gasteiger partial charge in [-0.05, 0) is 34.7 Å². The van der Waals surface area contributed by atoms with Crippen LogP contribution in [-0.2, 0) is 35.7 Å². The summed E-state index contributed by atoms with van der Waals surface area (Å²) in [6.07, 6.45) is -0.0653. The molecule has 1 saturated heterocycles. The molecule has 0 aliphatic carbocycles. The van der Waals surface area contributed by atoms with E-state index in [9.17, 15) is 9.90 Å². The van der Waals surface area contributed by atoms with Crippen LogP contribution in [0.3, 0.4) is 0 Å². The van der Waals surface area contributed by atoms with E-state index in [1.807, 2.05) is 67.6 Å². The predicted octanol–water partition coefficient (Wildman–Crippen LogP) is 6.25. The first-order valence-corrected chi connectivity index (χ1v) is 15.0. The zero-order chi connectivity index (χ0) is 29.9. The molecule has 3 unspecified atom stereocenters. The zero-order valence-electron chi connectivity index (χ0n) is 24.7. The minimum Gasteiger partial charge on any atom is -0.392 e. The van der Waals surface area contributed by atoms with E-state index in [0.717, 1.165) is 41.9 Å². The molecule has 2 amide bonds. The summed E-state index contributed by atoms with van der Waals surface area (Å²) in [7, 11) is 0. The first-order valence-electron chi connectivity index (χ1n) is 15.0. The number of benzene rings is 4. The van der Waals surface area contributed by atoms with Crippen LogP contribution < -0.4 is 10.6 Å². The molecule has 4 aromatic carbocycles. The molecule has 1 fully saturated rings. The third-order valence-electron chi connectivity index (χ3n) is 7.62. The van der Waals surface area contributed by atoms with E-state index < -0.39 is 6.29 Å². The van der Waals surface area contributed by atoms with E-state index in [1.165, 1.54) is 11.1 Å². The highest BCUT2D eigenvalue weighted by molar-refractivity contribution is 5.73. The van der Waals surface area contributed by atoms with Gasteiger partial charge in [-0.2, -0.15) is 0 Å². The normalized spacial score (nSPS) is 18.3. The summed E-state index contributed by atoms with van der Waals surface area (Å²) < 4.78 is 13.2. The molecular weight excluding hydrogens is 538 g/mol. The molecule has 7 nitrogen and oxygen atoms in total. The lowest BCUT2D eigenvalue weighted by atomic mass is 9.99. The summed E-state index contributed by atoms with van der Waals surface area (Å²) in [5, 5.41) is 15.2. The van der Waals surface area contributed by atoms with Gasteiger partial charge in [0.25, 0.3) is 0 Å². The Labute approximate surface area is 254 Å². The maximum Gasteiger partial charge on any atom is 0.315 e. The van der Waals surface area contributed by atoms with Gasteiger partial charge in [-0.25, -0.2) is 4.79 Å². The number of nitrogens with one attached hydrogen (secondary N) is 2. The fourth-order valence-electron chi connectivity index (χ4n) is 5.39. The number of rotatable bonds is 12. The van der Waals surface area contributed by atoms with Crippen molar-refractivity contribution in [2.45, 2.75) is 58.1 Å². The molecule has 1 aliphatic heterocycles. The average molecular weight is 580 g/mol. The molecule has 0 bridgehead atoms. The number of urea groups is 1. The number of hydrogen-bond donors (Lipinski definition) is 3. The lowest BCUT2D eigenvalue weighted by Gasteiger charge is -2.38. The number of nitrogens with zero attached hydrogens (tertiary/aromatic N) is 1. The van der Waals surface area contributed by atoms with E-state index in [2.05, 4.69) is 64.1 Å². The predicted molar refractivity (Wildman–Crippen MR) is 168 cm³/mol. The van der Waals surface area contributed by atoms with Crippen molar-refractivity contribution in [1.29, 1.82) is 0 Å². The van der Waals surface area contributed by atoms with Crippen molar-refractivity contribution in [3.8, 4) is 0 Å². The maximum atomic E-state index is 11.8. The maximum absolute atomic E-state index is 11.8. The van der Waals surface area contributed by atoms with Gasteiger partial charge < -0.3 is 25.2 Å². The minimum atomic E-state index is -0.540. The van der Waals surface area contributed by atoms with E-state index in [-0.39, 0.29) is 24.8 Å². The van der Waals surface area contributed by atoms with Crippen LogP contribution in [0.4, 0.5) is 4.79 Å². The van der Waals surface area contributed by atoms with E-state index in [1.54, 1.807) is 0 Å². The summed E-state index contributed by atoms with van der Waals surface area (Å²) >= 11 is 0. The molecule has 4 aromatic rings. The van der Waals surface area contributed by atoms with Crippen molar-refractivity contribution < 1.29 is 19.4 Å². The second-order valence-corrected chi connectivity index (χ2v) is 10.9. The van der Waals surface area contributed by atoms with Crippen LogP contribution in [0, 0.1) is 0 Å². The molecule has 224 valence electrons. The number of carbonyl (C=O) groups excluding carboxylic acids is 1. The van der Waals surface area contributed by atoms with Gasteiger partial charge in [0.1, 0.15) is 0 Å². The van der Waals surface area contributed by atoms with Crippen LogP contribution in [0.2, 0.25) is 0 Å². The Morgan fingerprint density at radius 2 is 1.33 bits per heavy atom. The van der Waals surface area contributed by atoms with Gasteiger partial charge in [-0.15, -0.1) is 0 Å². The van der Waals surface area contributed by atoms with E-state index in [4.69, 9.17) is 9.47 Å². The summed E-state index contributed by atoms with van der Waals surface area (Å²) in [4.78, 5) is 14.3. The number of amides is 2. The van der Waals surface area contributed by atoms with Gasteiger partial charge in [0.15, 0.2) is 6.29 Å². The molecule has 0 saturated carbocycles. The summed E-state index contributed by atoms with van der Waals surface area (Å²) in [6.45, 7) is 5.28. The Bertz CT molecular complexity index is 1360. The second-order valence-electron chi connectivity index (χ2n) is 10.9. The third-order valence-corrected chi connectivity index (χ3v) is 7.62. The van der Waals surface area contributed by atoms with Gasteiger partial charge >= 0.3 is 6.03 Å². The zero-order valence-corrected chi connectivity index (χ0v) is 24.7. The lowest BCUT2D eigenvalue weighted by Crippen LogP contribution is -2.39. The smallest absolute Gasteiger partial charge is 0.315 e. The van der Waals surface area contributed by atoms with Crippen molar-refractivity contribution in [3.05, 3.63) is 143 Å². The largest absolute Gasteiger partial charge is 0.392 e. The van der Waals surface area contributed by atoms with E-state index in [0.29, 0.717) is 19.5 Å². The first kappa shape index (κ1) is 30.4. The first-order chi connectivity index (χ1) is 21.1. The van der Waals surface area contributed by atoms with Gasteiger partial charge in [0, 0.05) is 44.7 Å². The van der Waals surface area contributed by atoms with Crippen LogP contribution in [0.15, 0.2) is 109 Å². The lowest BCUT2D eigenvalue weighted by molar-refractivity contribution is -0.253. The van der Waals surface area contributed by atoms with Gasteiger partial charge in [0.05, 0.1) is 18.8 Å². The molecule has 0 radical (unpaired) electrons. The molecule has 5 rings (SSSR count). The summed E-state index contributed by atoms with van der Waals surface area (Å²) in [6, 6.07) is 36.9. The summed E-state index contributed by atoms with van der Waals surface area (Å²) in [5.41, 5.74) is 6.38. The number of aliphatic hydroxyl groups excluding tert-OH is 1. The Balaban J connectivity index is 1.35. The van der Waals surface area contributed by atoms with Crippen LogP contribution in [0.1, 0.15) is 59.1 Å². The molecule has 3 N–H and O–H groups in total. The molecule has 3 atom stereocenters. The third kappa shape index (κ3) is 8.99. The van der Waals surface area contributed by atoms with Crippen LogP contribution >= 0.6 is 0 Å². The number of aliphatic hydroxyl groups is 1.